The van der Waals surface area contributed by atoms with Crippen LogP contribution in [-0.4, -0.2) is 29.4 Å². The van der Waals surface area contributed by atoms with Crippen molar-refractivity contribution in [3.8, 4) is 28.5 Å². The van der Waals surface area contributed by atoms with Gasteiger partial charge in [0.2, 0.25) is 5.88 Å². The Morgan fingerprint density at radius 1 is 1.08 bits per heavy atom. The molecule has 196 valence electrons. The molecule has 0 saturated heterocycles. The zero-order valence-electron chi connectivity index (χ0n) is 21.4. The summed E-state index contributed by atoms with van der Waals surface area (Å²) in [6, 6.07) is 14.1. The van der Waals surface area contributed by atoms with Crippen molar-refractivity contribution in [1.82, 2.24) is 24.3 Å². The van der Waals surface area contributed by atoms with Gasteiger partial charge in [-0.05, 0) is 48.7 Å². The molecule has 0 aliphatic carbocycles. The maximum absolute atomic E-state index is 14.2. The molecule has 1 aliphatic rings. The molecule has 0 fully saturated rings. The maximum atomic E-state index is 14.2. The van der Waals surface area contributed by atoms with Gasteiger partial charge in [0.25, 0.3) is 5.56 Å². The number of aromatic nitrogens is 5. The van der Waals surface area contributed by atoms with Crippen LogP contribution in [0, 0.1) is 18.6 Å². The fourth-order valence-electron chi connectivity index (χ4n) is 5.26. The van der Waals surface area contributed by atoms with Crippen LogP contribution in [0.15, 0.2) is 71.8 Å². The number of halogens is 2. The van der Waals surface area contributed by atoms with Crippen LogP contribution in [0.5, 0.6) is 5.88 Å². The number of fused-ring (bicyclic) bond motifs is 3. The molecule has 1 N–H and O–H groups in total. The van der Waals surface area contributed by atoms with Crippen LogP contribution < -0.4 is 5.56 Å². The summed E-state index contributed by atoms with van der Waals surface area (Å²) in [7, 11) is 0. The highest BCUT2D eigenvalue weighted by Crippen LogP contribution is 2.36. The molecule has 5 aromatic rings. The van der Waals surface area contributed by atoms with Crippen LogP contribution in [0.2, 0.25) is 0 Å². The van der Waals surface area contributed by atoms with Gasteiger partial charge in [-0.2, -0.15) is 10.1 Å². The summed E-state index contributed by atoms with van der Waals surface area (Å²) >= 11 is 0. The molecule has 4 heterocycles. The summed E-state index contributed by atoms with van der Waals surface area (Å²) < 4.78 is 31.6. The lowest BCUT2D eigenvalue weighted by molar-refractivity contribution is 0.432. The van der Waals surface area contributed by atoms with Crippen LogP contribution in [0.3, 0.4) is 0 Å². The number of aromatic hydroxyl groups is 1. The largest absolute Gasteiger partial charge is 0.493 e. The molecule has 0 spiro atoms. The van der Waals surface area contributed by atoms with E-state index in [0.29, 0.717) is 24.2 Å². The number of nitrogens with zero attached hydrogens (tertiary/aromatic N) is 5. The number of hydrogen-bond donors (Lipinski definition) is 1. The topological polar surface area (TPSA) is 85.8 Å². The number of rotatable bonds is 5. The van der Waals surface area contributed by atoms with E-state index in [-0.39, 0.29) is 23.7 Å². The van der Waals surface area contributed by atoms with Crippen molar-refractivity contribution < 1.29 is 13.9 Å². The first-order valence-corrected chi connectivity index (χ1v) is 12.7. The van der Waals surface area contributed by atoms with Gasteiger partial charge >= 0.3 is 0 Å². The van der Waals surface area contributed by atoms with Crippen LogP contribution in [-0.2, 0) is 19.4 Å². The zero-order valence-corrected chi connectivity index (χ0v) is 21.4. The number of aryl methyl sites for hydroxylation is 2. The summed E-state index contributed by atoms with van der Waals surface area (Å²) in [4.78, 5) is 22.7. The van der Waals surface area contributed by atoms with Crippen LogP contribution in [0.25, 0.3) is 22.6 Å². The molecule has 9 heteroatoms. The Morgan fingerprint density at radius 3 is 2.51 bits per heavy atom. The van der Waals surface area contributed by atoms with E-state index in [1.54, 1.807) is 10.9 Å². The van der Waals surface area contributed by atoms with Crippen molar-refractivity contribution in [1.29, 1.82) is 0 Å². The Morgan fingerprint density at radius 2 is 1.82 bits per heavy atom. The quantitative estimate of drug-likeness (QED) is 0.340. The summed E-state index contributed by atoms with van der Waals surface area (Å²) in [6.07, 6.45) is 4.01. The van der Waals surface area contributed by atoms with E-state index in [0.717, 1.165) is 34.0 Å². The fourth-order valence-corrected chi connectivity index (χ4v) is 5.26. The van der Waals surface area contributed by atoms with Crippen LogP contribution >= 0.6 is 0 Å². The minimum atomic E-state index is -0.731. The smallest absolute Gasteiger partial charge is 0.261 e. The van der Waals surface area contributed by atoms with Gasteiger partial charge in [-0.25, -0.2) is 8.78 Å². The minimum absolute atomic E-state index is 0.101. The molecule has 1 aliphatic heterocycles. The highest BCUT2D eigenvalue weighted by molar-refractivity contribution is 5.66. The number of hydrogen-bond acceptors (Lipinski definition) is 5. The van der Waals surface area contributed by atoms with E-state index in [9.17, 15) is 18.7 Å². The van der Waals surface area contributed by atoms with Gasteiger partial charge < -0.3 is 5.11 Å². The molecular weight excluding hydrogens is 500 g/mol. The molecule has 7 nitrogen and oxygen atoms in total. The molecule has 39 heavy (non-hydrogen) atoms. The molecule has 3 aromatic heterocycles. The van der Waals surface area contributed by atoms with Gasteiger partial charge in [-0.1, -0.05) is 30.3 Å². The molecule has 0 saturated carbocycles. The summed E-state index contributed by atoms with van der Waals surface area (Å²) in [5.74, 6) is -1.68. The van der Waals surface area contributed by atoms with E-state index in [1.807, 2.05) is 56.4 Å². The first-order valence-electron chi connectivity index (χ1n) is 12.7. The summed E-state index contributed by atoms with van der Waals surface area (Å²) in [5.41, 5.74) is 4.89. The zero-order chi connectivity index (χ0) is 27.3. The second kappa shape index (κ2) is 9.58. The summed E-state index contributed by atoms with van der Waals surface area (Å²) in [5, 5.41) is 15.5. The molecular formula is C30H25F2N5O2. The monoisotopic (exact) mass is 525 g/mol. The van der Waals surface area contributed by atoms with Crippen molar-refractivity contribution in [2.75, 3.05) is 0 Å². The third-order valence-electron chi connectivity index (χ3n) is 7.21. The molecule has 0 radical (unpaired) electrons. The molecule has 2 aromatic carbocycles. The molecule has 6 rings (SSSR count). The normalized spacial score (nSPS) is 14.2. The lowest BCUT2D eigenvalue weighted by Gasteiger charge is -2.27. The average Bonchev–Trinajstić information content (AvgIpc) is 3.34. The first kappa shape index (κ1) is 24.7. The van der Waals surface area contributed by atoms with Crippen molar-refractivity contribution in [3.63, 3.8) is 0 Å². The summed E-state index contributed by atoms with van der Waals surface area (Å²) in [6.45, 7) is 4.46. The predicted octanol–water partition coefficient (Wildman–Crippen LogP) is 5.22. The Hall–Kier alpha value is -4.66. The van der Waals surface area contributed by atoms with Crippen molar-refractivity contribution in [2.24, 2.45) is 0 Å². The highest BCUT2D eigenvalue weighted by Gasteiger charge is 2.33. The molecule has 0 unspecified atom stereocenters. The number of pyridine rings is 1. The van der Waals surface area contributed by atoms with Crippen molar-refractivity contribution in [3.05, 3.63) is 117 Å². The first-order chi connectivity index (χ1) is 18.8. The highest BCUT2D eigenvalue weighted by atomic mass is 19.1. The third-order valence-corrected chi connectivity index (χ3v) is 7.21. The Labute approximate surface area is 223 Å². The lowest BCUT2D eigenvalue weighted by atomic mass is 9.94. The van der Waals surface area contributed by atoms with Crippen LogP contribution in [0.1, 0.15) is 40.9 Å². The van der Waals surface area contributed by atoms with E-state index < -0.39 is 23.2 Å². The van der Waals surface area contributed by atoms with Crippen molar-refractivity contribution >= 4 is 0 Å². The van der Waals surface area contributed by atoms with Gasteiger partial charge in [0, 0.05) is 54.7 Å². The lowest BCUT2D eigenvalue weighted by Crippen LogP contribution is -2.34. The minimum Gasteiger partial charge on any atom is -0.493 e. The van der Waals surface area contributed by atoms with Gasteiger partial charge in [-0.3, -0.25) is 19.0 Å². The maximum Gasteiger partial charge on any atom is 0.261 e. The van der Waals surface area contributed by atoms with Crippen molar-refractivity contribution in [2.45, 2.75) is 39.3 Å². The van der Waals surface area contributed by atoms with Gasteiger partial charge in [0.15, 0.2) is 5.82 Å². The fraction of sp³-hybridized carbons (Fsp3) is 0.200. The number of benzene rings is 2. The molecule has 1 atom stereocenters. The Balaban J connectivity index is 1.45. The molecule has 0 bridgehead atoms. The standard InChI is InChI=1S/C30H25F2N5O2/c1-3-36-16-21-14-26(20-12-22(31)15-23(32)13-20)37-28(27(21)35-36)34-29(38)25(30(37)39)11-18-6-8-19(9-7-18)24-5-4-10-33-17(24)2/h4-10,12-13,15-16,26,38H,3,11,14H2,1-2H3/t26-/m0/s1. The Kier molecular flexibility index (Phi) is 6.06. The van der Waals surface area contributed by atoms with Gasteiger partial charge in [0.05, 0.1) is 11.6 Å². The SMILES string of the molecule is CCn1cc2c(n1)-c1nc(O)c(Cc3ccc(-c4cccnc4C)cc3)c(=O)n1[C@H](c1cc(F)cc(F)c1)C2. The average molecular weight is 526 g/mol. The molecule has 0 amide bonds. The second-order valence-corrected chi connectivity index (χ2v) is 9.70. The Bertz CT molecular complexity index is 1760. The van der Waals surface area contributed by atoms with E-state index >= 15 is 0 Å². The van der Waals surface area contributed by atoms with Gasteiger partial charge in [-0.15, -0.1) is 0 Å². The van der Waals surface area contributed by atoms with Crippen LogP contribution in [0.4, 0.5) is 8.78 Å². The van der Waals surface area contributed by atoms with E-state index in [4.69, 9.17) is 0 Å². The van der Waals surface area contributed by atoms with E-state index in [1.165, 1.54) is 16.7 Å². The second-order valence-electron chi connectivity index (χ2n) is 9.70. The van der Waals surface area contributed by atoms with E-state index in [2.05, 4.69) is 15.1 Å². The third kappa shape index (κ3) is 4.39. The van der Waals surface area contributed by atoms with Gasteiger partial charge in [0.1, 0.15) is 17.3 Å². The predicted molar refractivity (Wildman–Crippen MR) is 142 cm³/mol.